The van der Waals surface area contributed by atoms with Gasteiger partial charge >= 0.3 is 0 Å². The van der Waals surface area contributed by atoms with E-state index < -0.39 is 0 Å². The number of aromatic nitrogens is 2. The van der Waals surface area contributed by atoms with Crippen molar-refractivity contribution in [2.24, 2.45) is 5.92 Å². The van der Waals surface area contributed by atoms with E-state index in [1.807, 2.05) is 55.5 Å². The lowest BCUT2D eigenvalue weighted by atomic mass is 10.1. The third kappa shape index (κ3) is 6.66. The van der Waals surface area contributed by atoms with E-state index in [4.69, 9.17) is 4.98 Å². The van der Waals surface area contributed by atoms with E-state index in [0.29, 0.717) is 18.9 Å². The normalized spacial score (nSPS) is 12.0. The van der Waals surface area contributed by atoms with Crippen molar-refractivity contribution in [2.45, 2.75) is 39.7 Å². The zero-order chi connectivity index (χ0) is 21.3. The van der Waals surface area contributed by atoms with Crippen LogP contribution in [0.5, 0.6) is 0 Å². The lowest BCUT2D eigenvalue weighted by Gasteiger charge is -2.23. The fourth-order valence-corrected chi connectivity index (χ4v) is 4.02. The number of rotatable bonds is 10. The molecular weight excluding hydrogens is 392 g/mol. The van der Waals surface area contributed by atoms with Gasteiger partial charge in [-0.15, -0.1) is 0 Å². The van der Waals surface area contributed by atoms with Crippen molar-refractivity contribution in [1.82, 2.24) is 14.7 Å². The Morgan fingerprint density at radius 2 is 1.70 bits per heavy atom. The number of benzene rings is 2. The molecule has 0 fully saturated rings. The van der Waals surface area contributed by atoms with E-state index in [2.05, 4.69) is 40.6 Å². The summed E-state index contributed by atoms with van der Waals surface area (Å²) in [6, 6.07) is 20.3. The van der Waals surface area contributed by atoms with Gasteiger partial charge in [0.2, 0.25) is 11.0 Å². The van der Waals surface area contributed by atoms with E-state index in [1.54, 1.807) is 0 Å². The highest BCUT2D eigenvalue weighted by molar-refractivity contribution is 7.09. The standard InChI is InChI=1S/C24H30N4OS/c1-18(2)17-28(15-14-23(29)25-19(3)21-12-8-5-9-13-21)24-26-22(27-30-24)16-20-10-6-4-7-11-20/h4-13,18-19H,14-17H2,1-3H3,(H,25,29). The third-order valence-corrected chi connectivity index (χ3v) is 5.62. The quantitative estimate of drug-likeness (QED) is 0.507. The molecule has 0 aliphatic carbocycles. The topological polar surface area (TPSA) is 58.1 Å². The van der Waals surface area contributed by atoms with Gasteiger partial charge in [-0.2, -0.15) is 4.37 Å². The number of carbonyl (C=O) groups is 1. The Kier molecular flexibility index (Phi) is 7.97. The molecule has 0 saturated carbocycles. The second-order valence-corrected chi connectivity index (χ2v) is 8.68. The van der Waals surface area contributed by atoms with Gasteiger partial charge in [0.25, 0.3) is 0 Å². The van der Waals surface area contributed by atoms with Crippen LogP contribution in [0, 0.1) is 5.92 Å². The van der Waals surface area contributed by atoms with E-state index in [0.717, 1.165) is 29.5 Å². The van der Waals surface area contributed by atoms with Crippen LogP contribution >= 0.6 is 11.5 Å². The lowest BCUT2D eigenvalue weighted by molar-refractivity contribution is -0.121. The van der Waals surface area contributed by atoms with Crippen molar-refractivity contribution in [3.05, 3.63) is 77.6 Å². The van der Waals surface area contributed by atoms with E-state index >= 15 is 0 Å². The third-order valence-electron chi connectivity index (χ3n) is 4.80. The molecule has 30 heavy (non-hydrogen) atoms. The van der Waals surface area contributed by atoms with E-state index in [-0.39, 0.29) is 11.9 Å². The number of nitrogens with one attached hydrogen (secondary N) is 1. The summed E-state index contributed by atoms with van der Waals surface area (Å²) in [5.74, 6) is 1.35. The fourth-order valence-electron chi connectivity index (χ4n) is 3.30. The molecule has 5 nitrogen and oxygen atoms in total. The first-order chi connectivity index (χ1) is 14.5. The Hall–Kier alpha value is -2.73. The summed E-state index contributed by atoms with van der Waals surface area (Å²) >= 11 is 1.41. The molecule has 3 aromatic rings. The average molecular weight is 423 g/mol. The Labute approximate surface area is 183 Å². The van der Waals surface area contributed by atoms with Crippen LogP contribution in [0.2, 0.25) is 0 Å². The van der Waals surface area contributed by atoms with Crippen LogP contribution in [0.1, 0.15) is 50.2 Å². The fraction of sp³-hybridized carbons (Fsp3) is 0.375. The predicted molar refractivity (Wildman–Crippen MR) is 124 cm³/mol. The van der Waals surface area contributed by atoms with Gasteiger partial charge in [-0.25, -0.2) is 4.98 Å². The maximum atomic E-state index is 12.5. The van der Waals surface area contributed by atoms with Gasteiger partial charge in [-0.3, -0.25) is 4.79 Å². The number of hydrogen-bond acceptors (Lipinski definition) is 5. The molecule has 0 spiro atoms. The minimum Gasteiger partial charge on any atom is -0.350 e. The summed E-state index contributed by atoms with van der Waals surface area (Å²) in [6.07, 6.45) is 1.15. The average Bonchev–Trinajstić information content (AvgIpc) is 3.20. The van der Waals surface area contributed by atoms with Gasteiger partial charge < -0.3 is 10.2 Å². The summed E-state index contributed by atoms with van der Waals surface area (Å²) in [5, 5.41) is 3.98. The summed E-state index contributed by atoms with van der Waals surface area (Å²) in [5.41, 5.74) is 2.31. The Morgan fingerprint density at radius 3 is 2.37 bits per heavy atom. The van der Waals surface area contributed by atoms with Crippen molar-refractivity contribution in [1.29, 1.82) is 0 Å². The first-order valence-corrected chi connectivity index (χ1v) is 11.2. The smallest absolute Gasteiger partial charge is 0.222 e. The lowest BCUT2D eigenvalue weighted by Crippen LogP contribution is -2.34. The van der Waals surface area contributed by atoms with Gasteiger partial charge in [0.1, 0.15) is 5.82 Å². The Morgan fingerprint density at radius 1 is 1.03 bits per heavy atom. The molecule has 0 bridgehead atoms. The zero-order valence-corrected chi connectivity index (χ0v) is 18.7. The van der Waals surface area contributed by atoms with Gasteiger partial charge in [0, 0.05) is 37.5 Å². The van der Waals surface area contributed by atoms with Gasteiger partial charge in [-0.05, 0) is 24.0 Å². The van der Waals surface area contributed by atoms with Crippen LogP contribution in [0.25, 0.3) is 0 Å². The second-order valence-electron chi connectivity index (χ2n) is 7.95. The molecule has 0 saturated heterocycles. The summed E-state index contributed by atoms with van der Waals surface area (Å²) in [7, 11) is 0. The number of hydrogen-bond donors (Lipinski definition) is 1. The molecule has 2 aromatic carbocycles. The minimum absolute atomic E-state index is 0.00347. The number of nitrogens with zero attached hydrogens (tertiary/aromatic N) is 3. The molecule has 1 unspecified atom stereocenters. The van der Waals surface area contributed by atoms with Crippen molar-refractivity contribution in [3.63, 3.8) is 0 Å². The van der Waals surface area contributed by atoms with Crippen LogP contribution in [-0.4, -0.2) is 28.4 Å². The summed E-state index contributed by atoms with van der Waals surface area (Å²) in [6.45, 7) is 7.85. The van der Waals surface area contributed by atoms with Crippen molar-refractivity contribution < 1.29 is 4.79 Å². The SMILES string of the molecule is CC(C)CN(CCC(=O)NC(C)c1ccccc1)c1nc(Cc2ccccc2)ns1. The second kappa shape index (κ2) is 10.9. The van der Waals surface area contributed by atoms with Crippen LogP contribution in [0.3, 0.4) is 0 Å². The summed E-state index contributed by atoms with van der Waals surface area (Å²) in [4.78, 5) is 19.5. The molecule has 3 rings (SSSR count). The minimum atomic E-state index is -0.00347. The monoisotopic (exact) mass is 422 g/mol. The van der Waals surface area contributed by atoms with E-state index in [1.165, 1.54) is 17.1 Å². The van der Waals surface area contributed by atoms with Crippen LogP contribution in [-0.2, 0) is 11.2 Å². The number of anilines is 1. The molecule has 1 atom stereocenters. The Bertz CT molecular complexity index is 911. The largest absolute Gasteiger partial charge is 0.350 e. The first kappa shape index (κ1) is 22.0. The van der Waals surface area contributed by atoms with E-state index in [9.17, 15) is 4.79 Å². The van der Waals surface area contributed by atoms with Gasteiger partial charge in [-0.1, -0.05) is 74.5 Å². The maximum absolute atomic E-state index is 12.5. The van der Waals surface area contributed by atoms with Crippen molar-refractivity contribution >= 4 is 22.6 Å². The van der Waals surface area contributed by atoms with Crippen LogP contribution in [0.4, 0.5) is 5.13 Å². The molecule has 1 heterocycles. The molecule has 1 amide bonds. The number of amides is 1. The highest BCUT2D eigenvalue weighted by Crippen LogP contribution is 2.21. The van der Waals surface area contributed by atoms with Gasteiger partial charge in [0.05, 0.1) is 6.04 Å². The highest BCUT2D eigenvalue weighted by Gasteiger charge is 2.17. The molecule has 158 valence electrons. The number of carbonyl (C=O) groups excluding carboxylic acids is 1. The molecule has 1 aromatic heterocycles. The summed E-state index contributed by atoms with van der Waals surface area (Å²) < 4.78 is 4.54. The van der Waals surface area contributed by atoms with Crippen LogP contribution in [0.15, 0.2) is 60.7 Å². The molecular formula is C24H30N4OS. The first-order valence-electron chi connectivity index (χ1n) is 10.5. The highest BCUT2D eigenvalue weighted by atomic mass is 32.1. The zero-order valence-electron chi connectivity index (χ0n) is 17.9. The van der Waals surface area contributed by atoms with Crippen LogP contribution < -0.4 is 10.2 Å². The molecule has 1 N–H and O–H groups in total. The molecule has 0 radical (unpaired) electrons. The van der Waals surface area contributed by atoms with Crippen molar-refractivity contribution in [3.8, 4) is 0 Å². The maximum Gasteiger partial charge on any atom is 0.222 e. The molecule has 0 aliphatic rings. The Balaban J connectivity index is 1.58. The van der Waals surface area contributed by atoms with Gasteiger partial charge in [0.15, 0.2) is 0 Å². The van der Waals surface area contributed by atoms with Crippen molar-refractivity contribution in [2.75, 3.05) is 18.0 Å². The molecule has 0 aliphatic heterocycles. The predicted octanol–water partition coefficient (Wildman–Crippen LogP) is 4.86. The molecule has 6 heteroatoms.